The molecule has 84 valence electrons. The second kappa shape index (κ2) is 4.81. The summed E-state index contributed by atoms with van der Waals surface area (Å²) in [5.41, 5.74) is 1.17. The van der Waals surface area contributed by atoms with E-state index in [4.69, 9.17) is 11.6 Å². The van der Waals surface area contributed by atoms with Crippen LogP contribution in [-0.2, 0) is 6.54 Å². The second-order valence-electron chi connectivity index (χ2n) is 4.31. The first kappa shape index (κ1) is 11.4. The Kier molecular flexibility index (Phi) is 3.65. The molecule has 0 unspecified atom stereocenters. The van der Waals surface area contributed by atoms with Crippen LogP contribution in [0.3, 0.4) is 0 Å². The predicted octanol–water partition coefficient (Wildman–Crippen LogP) is 2.87. The summed E-state index contributed by atoms with van der Waals surface area (Å²) in [6.45, 7) is 6.18. The molecule has 0 saturated heterocycles. The molecule has 1 fully saturated rings. The first-order valence-electron chi connectivity index (χ1n) is 5.43. The predicted molar refractivity (Wildman–Crippen MR) is 65.7 cm³/mol. The van der Waals surface area contributed by atoms with Gasteiger partial charge in [0.15, 0.2) is 0 Å². The molecule has 1 aromatic rings. The van der Waals surface area contributed by atoms with E-state index in [0.717, 1.165) is 19.0 Å². The van der Waals surface area contributed by atoms with Gasteiger partial charge in [0, 0.05) is 16.8 Å². The quantitative estimate of drug-likeness (QED) is 0.824. The summed E-state index contributed by atoms with van der Waals surface area (Å²) in [4.78, 5) is 5.83. The van der Waals surface area contributed by atoms with Crippen LogP contribution in [0.4, 0.5) is 0 Å². The van der Waals surface area contributed by atoms with Gasteiger partial charge in [-0.3, -0.25) is 0 Å². The van der Waals surface area contributed by atoms with Gasteiger partial charge in [-0.25, -0.2) is 4.98 Å². The number of hydrogen-bond acceptors (Lipinski definition) is 3. The average Bonchev–Trinajstić information content (AvgIpc) is 2.43. The normalized spacial score (nSPS) is 25.3. The molecule has 2 nitrogen and oxygen atoms in total. The zero-order valence-corrected chi connectivity index (χ0v) is 10.8. The summed E-state index contributed by atoms with van der Waals surface area (Å²) in [5.74, 6) is 0.787. The van der Waals surface area contributed by atoms with Gasteiger partial charge in [0.2, 0.25) is 0 Å². The van der Waals surface area contributed by atoms with E-state index >= 15 is 0 Å². The van der Waals surface area contributed by atoms with Crippen LogP contribution in [0.25, 0.3) is 0 Å². The van der Waals surface area contributed by atoms with Gasteiger partial charge in [0.25, 0.3) is 0 Å². The van der Waals surface area contributed by atoms with Crippen molar-refractivity contribution in [3.63, 3.8) is 0 Å². The standard InChI is InChI=1S/C11H17ClN2S/c1-7-8(2)15-11(14-7)6-13-5-9-3-10(12)4-9/h9-10,13H,3-6H2,1-2H3. The summed E-state index contributed by atoms with van der Waals surface area (Å²) in [6.07, 6.45) is 2.34. The molecule has 0 spiro atoms. The third kappa shape index (κ3) is 2.92. The SMILES string of the molecule is Cc1nc(CNCC2CC(Cl)C2)sc1C. The molecule has 0 atom stereocenters. The molecule has 0 radical (unpaired) electrons. The fraction of sp³-hybridized carbons (Fsp3) is 0.727. The zero-order chi connectivity index (χ0) is 10.8. The van der Waals surface area contributed by atoms with Gasteiger partial charge in [-0.05, 0) is 39.2 Å². The molecular formula is C11H17ClN2S. The molecule has 0 aromatic carbocycles. The van der Waals surface area contributed by atoms with E-state index in [-0.39, 0.29) is 0 Å². The molecule has 0 aliphatic heterocycles. The number of thiazole rings is 1. The van der Waals surface area contributed by atoms with Crippen molar-refractivity contribution in [2.24, 2.45) is 5.92 Å². The minimum atomic E-state index is 0.432. The van der Waals surface area contributed by atoms with E-state index in [2.05, 4.69) is 24.1 Å². The number of hydrogen-bond donors (Lipinski definition) is 1. The highest BCUT2D eigenvalue weighted by Crippen LogP contribution is 2.31. The lowest BCUT2D eigenvalue weighted by Crippen LogP contribution is -2.33. The Morgan fingerprint density at radius 1 is 1.47 bits per heavy atom. The van der Waals surface area contributed by atoms with Crippen LogP contribution < -0.4 is 5.32 Å². The lowest BCUT2D eigenvalue weighted by Gasteiger charge is -2.30. The molecule has 1 saturated carbocycles. The maximum absolute atomic E-state index is 5.93. The summed E-state index contributed by atoms with van der Waals surface area (Å²) in [7, 11) is 0. The number of nitrogens with one attached hydrogen (secondary N) is 1. The molecule has 1 heterocycles. The van der Waals surface area contributed by atoms with Crippen molar-refractivity contribution in [1.82, 2.24) is 10.3 Å². The maximum atomic E-state index is 5.93. The lowest BCUT2D eigenvalue weighted by atomic mass is 9.85. The van der Waals surface area contributed by atoms with Crippen molar-refractivity contribution in [2.75, 3.05) is 6.54 Å². The number of rotatable bonds is 4. The number of nitrogens with zero attached hydrogens (tertiary/aromatic N) is 1. The Morgan fingerprint density at radius 3 is 2.73 bits per heavy atom. The van der Waals surface area contributed by atoms with Crippen molar-refractivity contribution in [3.8, 4) is 0 Å². The fourth-order valence-electron chi connectivity index (χ4n) is 1.82. The van der Waals surface area contributed by atoms with Crippen LogP contribution in [0, 0.1) is 19.8 Å². The molecule has 1 aliphatic carbocycles. The van der Waals surface area contributed by atoms with Gasteiger partial charge in [-0.2, -0.15) is 0 Å². The van der Waals surface area contributed by atoms with Crippen LogP contribution in [0.1, 0.15) is 28.4 Å². The van der Waals surface area contributed by atoms with Gasteiger partial charge in [0.1, 0.15) is 5.01 Å². The van der Waals surface area contributed by atoms with Crippen LogP contribution in [-0.4, -0.2) is 16.9 Å². The van der Waals surface area contributed by atoms with E-state index in [0.29, 0.717) is 5.38 Å². The topological polar surface area (TPSA) is 24.9 Å². The fourth-order valence-corrected chi connectivity index (χ4v) is 3.23. The zero-order valence-electron chi connectivity index (χ0n) is 9.22. The minimum absolute atomic E-state index is 0.432. The Balaban J connectivity index is 1.69. The number of aryl methyl sites for hydroxylation is 2. The number of halogens is 1. The van der Waals surface area contributed by atoms with Crippen molar-refractivity contribution >= 4 is 22.9 Å². The molecule has 1 aliphatic rings. The number of alkyl halides is 1. The van der Waals surface area contributed by atoms with Crippen LogP contribution in [0.2, 0.25) is 0 Å². The monoisotopic (exact) mass is 244 g/mol. The van der Waals surface area contributed by atoms with Crippen LogP contribution in [0.15, 0.2) is 0 Å². The number of aromatic nitrogens is 1. The molecule has 1 aromatic heterocycles. The average molecular weight is 245 g/mol. The first-order chi connectivity index (χ1) is 7.15. The Hall–Kier alpha value is -0.120. The van der Waals surface area contributed by atoms with E-state index in [9.17, 15) is 0 Å². The van der Waals surface area contributed by atoms with Crippen molar-refractivity contribution < 1.29 is 0 Å². The Bertz CT molecular complexity index is 312. The van der Waals surface area contributed by atoms with Crippen molar-refractivity contribution in [3.05, 3.63) is 15.6 Å². The van der Waals surface area contributed by atoms with Gasteiger partial charge >= 0.3 is 0 Å². The highest BCUT2D eigenvalue weighted by Gasteiger charge is 2.26. The van der Waals surface area contributed by atoms with E-state index < -0.39 is 0 Å². The third-order valence-electron chi connectivity index (χ3n) is 2.96. The van der Waals surface area contributed by atoms with Gasteiger partial charge in [-0.1, -0.05) is 0 Å². The molecule has 4 heteroatoms. The summed E-state index contributed by atoms with van der Waals surface area (Å²) in [5, 5.41) is 5.09. The lowest BCUT2D eigenvalue weighted by molar-refractivity contribution is 0.308. The Morgan fingerprint density at radius 2 is 2.20 bits per heavy atom. The van der Waals surface area contributed by atoms with Crippen LogP contribution in [0.5, 0.6) is 0 Å². The first-order valence-corrected chi connectivity index (χ1v) is 6.68. The molecule has 15 heavy (non-hydrogen) atoms. The summed E-state index contributed by atoms with van der Waals surface area (Å²) >= 11 is 7.72. The smallest absolute Gasteiger partial charge is 0.107 e. The molecule has 0 bridgehead atoms. The highest BCUT2D eigenvalue weighted by atomic mass is 35.5. The van der Waals surface area contributed by atoms with E-state index in [1.54, 1.807) is 11.3 Å². The molecule has 0 amide bonds. The van der Waals surface area contributed by atoms with E-state index in [1.165, 1.54) is 28.4 Å². The second-order valence-corrected chi connectivity index (χ2v) is 6.22. The summed E-state index contributed by atoms with van der Waals surface area (Å²) < 4.78 is 0. The molecular weight excluding hydrogens is 228 g/mol. The third-order valence-corrected chi connectivity index (χ3v) is 4.39. The van der Waals surface area contributed by atoms with E-state index in [1.807, 2.05) is 0 Å². The van der Waals surface area contributed by atoms with Gasteiger partial charge < -0.3 is 5.32 Å². The molecule has 1 N–H and O–H groups in total. The highest BCUT2D eigenvalue weighted by molar-refractivity contribution is 7.11. The van der Waals surface area contributed by atoms with Gasteiger partial charge in [-0.15, -0.1) is 22.9 Å². The van der Waals surface area contributed by atoms with Crippen molar-refractivity contribution in [2.45, 2.75) is 38.6 Å². The maximum Gasteiger partial charge on any atom is 0.107 e. The Labute approximate surface area is 100 Å². The largest absolute Gasteiger partial charge is 0.310 e. The molecule has 2 rings (SSSR count). The minimum Gasteiger partial charge on any atom is -0.310 e. The van der Waals surface area contributed by atoms with Crippen molar-refractivity contribution in [1.29, 1.82) is 0 Å². The van der Waals surface area contributed by atoms with Crippen LogP contribution >= 0.6 is 22.9 Å². The summed E-state index contributed by atoms with van der Waals surface area (Å²) in [6, 6.07) is 0. The van der Waals surface area contributed by atoms with Gasteiger partial charge in [0.05, 0.1) is 5.69 Å².